The van der Waals surface area contributed by atoms with Crippen molar-refractivity contribution < 1.29 is 14.3 Å². The fourth-order valence-electron chi connectivity index (χ4n) is 3.98. The first-order chi connectivity index (χ1) is 16.4. The van der Waals surface area contributed by atoms with Crippen molar-refractivity contribution >= 4 is 34.8 Å². The van der Waals surface area contributed by atoms with Gasteiger partial charge in [-0.25, -0.2) is 0 Å². The molecule has 4 rings (SSSR count). The predicted octanol–water partition coefficient (Wildman–Crippen LogP) is 4.94. The summed E-state index contributed by atoms with van der Waals surface area (Å²) in [5.74, 6) is 0.499. The maximum atomic E-state index is 12.7. The molecular formula is C27H28ClN3O3. The molecule has 3 aromatic carbocycles. The number of benzene rings is 3. The predicted molar refractivity (Wildman–Crippen MR) is 136 cm³/mol. The van der Waals surface area contributed by atoms with E-state index in [2.05, 4.69) is 10.2 Å². The number of halogens is 1. The van der Waals surface area contributed by atoms with E-state index in [1.54, 1.807) is 6.07 Å². The second-order valence-electron chi connectivity index (χ2n) is 8.35. The van der Waals surface area contributed by atoms with Gasteiger partial charge in [-0.05, 0) is 61.4 Å². The number of nitrogens with one attached hydrogen (secondary N) is 1. The zero-order valence-corrected chi connectivity index (χ0v) is 20.1. The number of anilines is 2. The van der Waals surface area contributed by atoms with Crippen LogP contribution in [0.15, 0.2) is 66.7 Å². The third-order valence-corrected chi connectivity index (χ3v) is 6.38. The van der Waals surface area contributed by atoms with Crippen LogP contribution in [0.2, 0.25) is 5.02 Å². The van der Waals surface area contributed by atoms with Crippen molar-refractivity contribution in [3.63, 3.8) is 0 Å². The largest absolute Gasteiger partial charge is 0.483 e. The molecule has 0 radical (unpaired) electrons. The van der Waals surface area contributed by atoms with Crippen LogP contribution in [0.1, 0.15) is 21.5 Å². The highest BCUT2D eigenvalue weighted by Crippen LogP contribution is 2.30. The molecule has 3 aromatic rings. The summed E-state index contributed by atoms with van der Waals surface area (Å²) in [7, 11) is 0. The highest BCUT2D eigenvalue weighted by molar-refractivity contribution is 6.33. The Morgan fingerprint density at radius 1 is 0.941 bits per heavy atom. The van der Waals surface area contributed by atoms with E-state index in [0.717, 1.165) is 16.8 Å². The van der Waals surface area contributed by atoms with Crippen LogP contribution >= 0.6 is 11.6 Å². The van der Waals surface area contributed by atoms with Crippen molar-refractivity contribution in [3.8, 4) is 5.75 Å². The van der Waals surface area contributed by atoms with Crippen LogP contribution in [-0.2, 0) is 4.79 Å². The second kappa shape index (κ2) is 10.6. The molecule has 1 fully saturated rings. The van der Waals surface area contributed by atoms with Gasteiger partial charge in [0.2, 0.25) is 0 Å². The van der Waals surface area contributed by atoms with E-state index >= 15 is 0 Å². The second-order valence-corrected chi connectivity index (χ2v) is 8.75. The molecule has 6 nitrogen and oxygen atoms in total. The quantitative estimate of drug-likeness (QED) is 0.546. The topological polar surface area (TPSA) is 61.9 Å². The summed E-state index contributed by atoms with van der Waals surface area (Å²) in [5.41, 5.74) is 4.34. The summed E-state index contributed by atoms with van der Waals surface area (Å²) in [4.78, 5) is 29.1. The third-order valence-electron chi connectivity index (χ3n) is 6.07. The van der Waals surface area contributed by atoms with Crippen molar-refractivity contribution in [1.82, 2.24) is 4.90 Å². The monoisotopic (exact) mass is 477 g/mol. The number of carbonyl (C=O) groups is 2. The number of hydrogen-bond donors (Lipinski definition) is 1. The molecule has 0 spiro atoms. The molecule has 0 atom stereocenters. The van der Waals surface area contributed by atoms with Crippen molar-refractivity contribution in [2.24, 2.45) is 0 Å². The van der Waals surface area contributed by atoms with Gasteiger partial charge in [-0.3, -0.25) is 9.59 Å². The molecule has 0 aliphatic carbocycles. The van der Waals surface area contributed by atoms with Crippen LogP contribution in [0.25, 0.3) is 0 Å². The molecule has 0 aromatic heterocycles. The lowest BCUT2D eigenvalue weighted by molar-refractivity contribution is -0.118. The molecule has 2 amide bonds. The zero-order valence-electron chi connectivity index (χ0n) is 19.4. The van der Waals surface area contributed by atoms with E-state index in [-0.39, 0.29) is 18.4 Å². The number of aryl methyl sites for hydroxylation is 1. The molecule has 0 saturated carbocycles. The average Bonchev–Trinajstić information content (AvgIpc) is 2.85. The Kier molecular flexibility index (Phi) is 7.38. The van der Waals surface area contributed by atoms with Gasteiger partial charge in [0.05, 0.1) is 10.7 Å². The molecule has 1 aliphatic heterocycles. The number of amides is 2. The first kappa shape index (κ1) is 23.6. The molecule has 34 heavy (non-hydrogen) atoms. The Morgan fingerprint density at radius 2 is 1.68 bits per heavy atom. The number of hydrogen-bond acceptors (Lipinski definition) is 4. The first-order valence-corrected chi connectivity index (χ1v) is 11.7. The Balaban J connectivity index is 1.31. The summed E-state index contributed by atoms with van der Waals surface area (Å²) in [6.07, 6.45) is 0. The van der Waals surface area contributed by atoms with E-state index in [4.69, 9.17) is 16.3 Å². The van der Waals surface area contributed by atoms with E-state index in [1.807, 2.05) is 79.4 Å². The number of carbonyl (C=O) groups excluding carboxylic acids is 2. The van der Waals surface area contributed by atoms with Gasteiger partial charge in [0.1, 0.15) is 5.75 Å². The normalized spacial score (nSPS) is 13.5. The lowest BCUT2D eigenvalue weighted by atomic mass is 10.1. The highest BCUT2D eigenvalue weighted by atomic mass is 35.5. The minimum Gasteiger partial charge on any atom is -0.483 e. The molecule has 1 N–H and O–H groups in total. The van der Waals surface area contributed by atoms with Crippen LogP contribution in [-0.4, -0.2) is 49.5 Å². The van der Waals surface area contributed by atoms with Gasteiger partial charge in [0.15, 0.2) is 6.61 Å². The van der Waals surface area contributed by atoms with Crippen molar-refractivity contribution in [1.29, 1.82) is 0 Å². The Bertz CT molecular complexity index is 1170. The van der Waals surface area contributed by atoms with Gasteiger partial charge in [-0.15, -0.1) is 0 Å². The number of piperazine rings is 1. The molecule has 1 saturated heterocycles. The average molecular weight is 478 g/mol. The van der Waals surface area contributed by atoms with Crippen LogP contribution < -0.4 is 15.0 Å². The molecule has 176 valence electrons. The van der Waals surface area contributed by atoms with Crippen molar-refractivity contribution in [3.05, 3.63) is 88.4 Å². The van der Waals surface area contributed by atoms with Gasteiger partial charge in [0, 0.05) is 37.4 Å². The van der Waals surface area contributed by atoms with E-state index in [9.17, 15) is 9.59 Å². The summed E-state index contributed by atoms with van der Waals surface area (Å²) < 4.78 is 5.68. The smallest absolute Gasteiger partial charge is 0.262 e. The van der Waals surface area contributed by atoms with E-state index in [0.29, 0.717) is 48.2 Å². The van der Waals surface area contributed by atoms with Gasteiger partial charge < -0.3 is 19.9 Å². The van der Waals surface area contributed by atoms with Gasteiger partial charge in [0.25, 0.3) is 11.8 Å². The highest BCUT2D eigenvalue weighted by Gasteiger charge is 2.23. The van der Waals surface area contributed by atoms with Crippen LogP contribution in [0.5, 0.6) is 5.75 Å². The molecule has 0 bridgehead atoms. The lowest BCUT2D eigenvalue weighted by Gasteiger charge is -2.36. The van der Waals surface area contributed by atoms with Crippen LogP contribution in [0.3, 0.4) is 0 Å². The number of rotatable bonds is 6. The molecule has 1 heterocycles. The van der Waals surface area contributed by atoms with E-state index < -0.39 is 0 Å². The Labute approximate surface area is 205 Å². The summed E-state index contributed by atoms with van der Waals surface area (Å²) in [5, 5.41) is 3.39. The summed E-state index contributed by atoms with van der Waals surface area (Å²) >= 11 is 6.55. The third kappa shape index (κ3) is 5.51. The molecule has 7 heteroatoms. The maximum Gasteiger partial charge on any atom is 0.262 e. The number of ether oxygens (including phenoxy) is 1. The van der Waals surface area contributed by atoms with Crippen molar-refractivity contribution in [2.75, 3.05) is 43.0 Å². The van der Waals surface area contributed by atoms with Gasteiger partial charge in [-0.2, -0.15) is 0 Å². The lowest BCUT2D eigenvalue weighted by Crippen LogP contribution is -2.48. The minimum absolute atomic E-state index is 0.0486. The molecule has 1 aliphatic rings. The van der Waals surface area contributed by atoms with Crippen LogP contribution in [0.4, 0.5) is 11.4 Å². The molecular weight excluding hydrogens is 450 g/mol. The minimum atomic E-state index is -0.252. The maximum absolute atomic E-state index is 12.7. The Morgan fingerprint density at radius 3 is 2.38 bits per heavy atom. The van der Waals surface area contributed by atoms with E-state index in [1.165, 1.54) is 0 Å². The number of nitrogens with zero attached hydrogens (tertiary/aromatic N) is 2. The fourth-order valence-corrected chi connectivity index (χ4v) is 4.28. The fraction of sp³-hybridized carbons (Fsp3) is 0.259. The van der Waals surface area contributed by atoms with Crippen LogP contribution in [0, 0.1) is 13.8 Å². The Hall–Kier alpha value is -3.51. The van der Waals surface area contributed by atoms with Gasteiger partial charge in [-0.1, -0.05) is 41.9 Å². The first-order valence-electron chi connectivity index (χ1n) is 11.3. The molecule has 0 unspecified atom stereocenters. The summed E-state index contributed by atoms with van der Waals surface area (Å²) in [6.45, 7) is 6.52. The zero-order chi connectivity index (χ0) is 24.1. The SMILES string of the molecule is Cc1cccc(OCC(=O)Nc2ccc(N3CCN(C(=O)c4ccccc4)CC3)c(Cl)c2)c1C. The van der Waals surface area contributed by atoms with Gasteiger partial charge >= 0.3 is 0 Å². The standard InChI is InChI=1S/C27H28ClN3O3/c1-19-7-6-10-25(20(19)2)34-18-26(32)29-22-11-12-24(23(28)17-22)30-13-15-31(16-14-30)27(33)21-8-4-3-5-9-21/h3-12,17H,13-16,18H2,1-2H3,(H,29,32). The summed E-state index contributed by atoms with van der Waals surface area (Å²) in [6, 6.07) is 20.6. The van der Waals surface area contributed by atoms with Crippen molar-refractivity contribution in [2.45, 2.75) is 13.8 Å².